The molecule has 0 aromatic heterocycles. The molecule has 2 rings (SSSR count). The van der Waals surface area contributed by atoms with E-state index in [0.29, 0.717) is 11.8 Å². The van der Waals surface area contributed by atoms with Gasteiger partial charge >= 0.3 is 0 Å². The van der Waals surface area contributed by atoms with Crippen LogP contribution in [0.15, 0.2) is 12.1 Å². The SMILES string of the molecule is CC1(C=O)Cc2ccc(F)c(F)c2O1. The Morgan fingerprint density at radius 3 is 2.86 bits per heavy atom. The highest BCUT2D eigenvalue weighted by molar-refractivity contribution is 5.66. The molecule has 0 bridgehead atoms. The minimum absolute atomic E-state index is 0.139. The number of ether oxygens (including phenoxy) is 1. The quantitative estimate of drug-likeness (QED) is 0.644. The molecule has 0 amide bonds. The third-order valence-corrected chi connectivity index (χ3v) is 2.26. The molecular weight excluding hydrogens is 190 g/mol. The van der Waals surface area contributed by atoms with Crippen molar-refractivity contribution in [3.63, 3.8) is 0 Å². The van der Waals surface area contributed by atoms with Gasteiger partial charge in [0, 0.05) is 12.0 Å². The first-order valence-electron chi connectivity index (χ1n) is 4.18. The van der Waals surface area contributed by atoms with Crippen molar-refractivity contribution >= 4 is 6.29 Å². The van der Waals surface area contributed by atoms with Gasteiger partial charge in [0.1, 0.15) is 0 Å². The van der Waals surface area contributed by atoms with Crippen LogP contribution in [0.1, 0.15) is 12.5 Å². The third-order valence-electron chi connectivity index (χ3n) is 2.26. The normalized spacial score (nSPS) is 24.2. The summed E-state index contributed by atoms with van der Waals surface area (Å²) in [6, 6.07) is 2.47. The van der Waals surface area contributed by atoms with Crippen LogP contribution in [0.4, 0.5) is 8.78 Å². The fourth-order valence-corrected chi connectivity index (χ4v) is 1.53. The van der Waals surface area contributed by atoms with Crippen LogP contribution < -0.4 is 4.74 Å². The lowest BCUT2D eigenvalue weighted by atomic mass is 10.0. The number of fused-ring (bicyclic) bond motifs is 1. The molecule has 0 saturated carbocycles. The van der Waals surface area contributed by atoms with E-state index in [1.165, 1.54) is 13.0 Å². The van der Waals surface area contributed by atoms with Crippen LogP contribution in [0.25, 0.3) is 0 Å². The molecule has 74 valence electrons. The van der Waals surface area contributed by atoms with E-state index in [4.69, 9.17) is 4.74 Å². The Hall–Kier alpha value is -1.45. The van der Waals surface area contributed by atoms with Crippen molar-refractivity contribution in [2.75, 3.05) is 0 Å². The molecule has 0 fully saturated rings. The van der Waals surface area contributed by atoms with Crippen molar-refractivity contribution in [1.29, 1.82) is 0 Å². The summed E-state index contributed by atoms with van der Waals surface area (Å²) in [4.78, 5) is 10.7. The first-order chi connectivity index (χ1) is 6.56. The average molecular weight is 198 g/mol. The lowest BCUT2D eigenvalue weighted by Crippen LogP contribution is -2.31. The maximum Gasteiger partial charge on any atom is 0.200 e. The van der Waals surface area contributed by atoms with Gasteiger partial charge < -0.3 is 4.74 Å². The van der Waals surface area contributed by atoms with Crippen molar-refractivity contribution < 1.29 is 18.3 Å². The fraction of sp³-hybridized carbons (Fsp3) is 0.300. The summed E-state index contributed by atoms with van der Waals surface area (Å²) in [7, 11) is 0. The van der Waals surface area contributed by atoms with E-state index in [9.17, 15) is 13.6 Å². The number of hydrogen-bond acceptors (Lipinski definition) is 2. The Labute approximate surface area is 79.5 Å². The van der Waals surface area contributed by atoms with Gasteiger partial charge in [-0.2, -0.15) is 4.39 Å². The van der Waals surface area contributed by atoms with E-state index in [-0.39, 0.29) is 12.2 Å². The largest absolute Gasteiger partial charge is 0.476 e. The van der Waals surface area contributed by atoms with Crippen molar-refractivity contribution in [2.45, 2.75) is 18.9 Å². The maximum absolute atomic E-state index is 13.2. The highest BCUT2D eigenvalue weighted by Gasteiger charge is 2.37. The zero-order valence-electron chi connectivity index (χ0n) is 7.51. The number of hydrogen-bond donors (Lipinski definition) is 0. The molecular formula is C10H8F2O2. The predicted octanol–water partition coefficient (Wildman–Crippen LogP) is 1.86. The highest BCUT2D eigenvalue weighted by atomic mass is 19.2. The number of carbonyl (C=O) groups excluding carboxylic acids is 1. The Morgan fingerprint density at radius 2 is 2.21 bits per heavy atom. The van der Waals surface area contributed by atoms with E-state index in [1.54, 1.807) is 0 Å². The van der Waals surface area contributed by atoms with Gasteiger partial charge in [-0.25, -0.2) is 4.39 Å². The first-order valence-corrected chi connectivity index (χ1v) is 4.18. The molecule has 1 aromatic carbocycles. The number of halogens is 2. The Morgan fingerprint density at radius 1 is 1.50 bits per heavy atom. The Balaban J connectivity index is 2.50. The summed E-state index contributed by atoms with van der Waals surface area (Å²) in [5, 5.41) is 0. The minimum Gasteiger partial charge on any atom is -0.476 e. The van der Waals surface area contributed by atoms with Gasteiger partial charge in [0.05, 0.1) is 0 Å². The van der Waals surface area contributed by atoms with E-state index in [1.807, 2.05) is 0 Å². The lowest BCUT2D eigenvalue weighted by molar-refractivity contribution is -0.119. The van der Waals surface area contributed by atoms with Crippen LogP contribution >= 0.6 is 0 Å². The van der Waals surface area contributed by atoms with Crippen molar-refractivity contribution in [1.82, 2.24) is 0 Å². The second-order valence-corrected chi connectivity index (χ2v) is 3.56. The maximum atomic E-state index is 13.2. The lowest BCUT2D eigenvalue weighted by Gasteiger charge is -2.15. The Kier molecular flexibility index (Phi) is 1.80. The molecule has 0 N–H and O–H groups in total. The van der Waals surface area contributed by atoms with Crippen LogP contribution in [0.3, 0.4) is 0 Å². The number of carbonyl (C=O) groups is 1. The van der Waals surface area contributed by atoms with E-state index in [0.717, 1.165) is 6.07 Å². The number of benzene rings is 1. The summed E-state index contributed by atoms with van der Waals surface area (Å²) in [6.07, 6.45) is 0.882. The molecule has 1 aliphatic heterocycles. The van der Waals surface area contributed by atoms with Crippen molar-refractivity contribution in [3.8, 4) is 5.75 Å². The molecule has 4 heteroatoms. The molecule has 0 radical (unpaired) electrons. The van der Waals surface area contributed by atoms with Crippen LogP contribution in [-0.2, 0) is 11.2 Å². The molecule has 0 spiro atoms. The highest BCUT2D eigenvalue weighted by Crippen LogP contribution is 2.36. The van der Waals surface area contributed by atoms with Crippen LogP contribution in [0.5, 0.6) is 5.75 Å². The second-order valence-electron chi connectivity index (χ2n) is 3.56. The van der Waals surface area contributed by atoms with Gasteiger partial charge in [-0.1, -0.05) is 6.07 Å². The number of rotatable bonds is 1. The van der Waals surface area contributed by atoms with E-state index in [2.05, 4.69) is 0 Å². The minimum atomic E-state index is -1.06. The zero-order valence-corrected chi connectivity index (χ0v) is 7.51. The van der Waals surface area contributed by atoms with Crippen molar-refractivity contribution in [2.24, 2.45) is 0 Å². The van der Waals surface area contributed by atoms with Crippen LogP contribution in [0, 0.1) is 11.6 Å². The molecule has 1 aliphatic rings. The standard InChI is InChI=1S/C10H8F2O2/c1-10(5-13)4-6-2-3-7(11)8(12)9(6)14-10/h2-3,5H,4H2,1H3. The third kappa shape index (κ3) is 1.18. The van der Waals surface area contributed by atoms with Crippen molar-refractivity contribution in [3.05, 3.63) is 29.3 Å². The van der Waals surface area contributed by atoms with Crippen LogP contribution in [-0.4, -0.2) is 11.9 Å². The van der Waals surface area contributed by atoms with Gasteiger partial charge in [-0.05, 0) is 13.0 Å². The van der Waals surface area contributed by atoms with Crippen LogP contribution in [0.2, 0.25) is 0 Å². The van der Waals surface area contributed by atoms with E-state index >= 15 is 0 Å². The van der Waals surface area contributed by atoms with Gasteiger partial charge in [0.2, 0.25) is 5.82 Å². The molecule has 1 atom stereocenters. The topological polar surface area (TPSA) is 26.3 Å². The average Bonchev–Trinajstić information content (AvgIpc) is 2.51. The summed E-state index contributed by atoms with van der Waals surface area (Å²) in [5.41, 5.74) is -0.532. The van der Waals surface area contributed by atoms with Gasteiger partial charge in [0.25, 0.3) is 0 Å². The predicted molar refractivity (Wildman–Crippen MR) is 45.2 cm³/mol. The molecule has 1 heterocycles. The van der Waals surface area contributed by atoms with E-state index < -0.39 is 17.2 Å². The zero-order chi connectivity index (χ0) is 10.3. The monoisotopic (exact) mass is 198 g/mol. The van der Waals surface area contributed by atoms with Gasteiger partial charge in [-0.15, -0.1) is 0 Å². The summed E-state index contributed by atoms with van der Waals surface area (Å²) in [5.74, 6) is -2.12. The molecule has 0 aliphatic carbocycles. The smallest absolute Gasteiger partial charge is 0.200 e. The summed E-state index contributed by atoms with van der Waals surface area (Å²) >= 11 is 0. The molecule has 1 aromatic rings. The molecule has 0 saturated heterocycles. The van der Waals surface area contributed by atoms with Gasteiger partial charge in [-0.3, -0.25) is 4.79 Å². The van der Waals surface area contributed by atoms with Gasteiger partial charge in [0.15, 0.2) is 23.5 Å². The first kappa shape index (κ1) is 9.12. The summed E-state index contributed by atoms with van der Waals surface area (Å²) < 4.78 is 31.0. The second kappa shape index (κ2) is 2.77. The summed E-state index contributed by atoms with van der Waals surface area (Å²) in [6.45, 7) is 1.54. The molecule has 1 unspecified atom stereocenters. The fourth-order valence-electron chi connectivity index (χ4n) is 1.53. The number of aldehydes is 1. The Bertz CT molecular complexity index is 403. The molecule has 2 nitrogen and oxygen atoms in total. The molecule has 14 heavy (non-hydrogen) atoms.